The summed E-state index contributed by atoms with van der Waals surface area (Å²) >= 11 is 5.92. The van der Waals surface area contributed by atoms with Gasteiger partial charge in [0, 0.05) is 11.8 Å². The van der Waals surface area contributed by atoms with Crippen molar-refractivity contribution in [2.24, 2.45) is 0 Å². The predicted molar refractivity (Wildman–Crippen MR) is 61.7 cm³/mol. The van der Waals surface area contributed by atoms with E-state index < -0.39 is 5.97 Å². The molecule has 0 amide bonds. The van der Waals surface area contributed by atoms with Gasteiger partial charge in [-0.2, -0.15) is 5.10 Å². The van der Waals surface area contributed by atoms with Crippen LogP contribution in [-0.4, -0.2) is 21.3 Å². The predicted octanol–water partition coefficient (Wildman–Crippen LogP) is 2.62. The fraction of sp³-hybridized carbons (Fsp3) is 0.273. The van der Waals surface area contributed by atoms with Crippen molar-refractivity contribution in [2.45, 2.75) is 19.3 Å². The van der Waals surface area contributed by atoms with Crippen molar-refractivity contribution in [3.05, 3.63) is 28.9 Å². The van der Waals surface area contributed by atoms with E-state index in [-0.39, 0.29) is 6.42 Å². The largest absolute Gasteiger partial charge is 0.481 e. The number of hydrogen-bond donors (Lipinski definition) is 2. The molecular formula is C11H11ClN2O2. The van der Waals surface area contributed by atoms with Crippen LogP contribution in [-0.2, 0) is 11.2 Å². The maximum absolute atomic E-state index is 10.4. The molecule has 16 heavy (non-hydrogen) atoms. The second kappa shape index (κ2) is 4.53. The van der Waals surface area contributed by atoms with E-state index in [1.165, 1.54) is 0 Å². The van der Waals surface area contributed by atoms with E-state index in [0.717, 1.165) is 22.9 Å². The standard InChI is InChI=1S/C11H11ClN2O2/c12-11-8-6-7(2-1-3-10(15)16)4-5-9(8)13-14-11/h4-6H,1-3H2,(H,13,14)(H,15,16). The monoisotopic (exact) mass is 238 g/mol. The van der Waals surface area contributed by atoms with E-state index in [9.17, 15) is 4.79 Å². The van der Waals surface area contributed by atoms with Crippen molar-refractivity contribution in [2.75, 3.05) is 0 Å². The van der Waals surface area contributed by atoms with Gasteiger partial charge in [-0.05, 0) is 30.5 Å². The molecule has 84 valence electrons. The number of aliphatic carboxylic acids is 1. The third-order valence-electron chi connectivity index (χ3n) is 2.43. The maximum Gasteiger partial charge on any atom is 0.303 e. The number of aromatic nitrogens is 2. The van der Waals surface area contributed by atoms with Crippen LogP contribution in [0.1, 0.15) is 18.4 Å². The molecule has 1 aromatic heterocycles. The fourth-order valence-electron chi connectivity index (χ4n) is 1.63. The number of carboxylic acid groups (broad SMARTS) is 1. The zero-order chi connectivity index (χ0) is 11.5. The van der Waals surface area contributed by atoms with Crippen LogP contribution in [0.15, 0.2) is 18.2 Å². The Hall–Kier alpha value is -1.55. The van der Waals surface area contributed by atoms with Crippen LogP contribution in [0, 0.1) is 0 Å². The van der Waals surface area contributed by atoms with Gasteiger partial charge >= 0.3 is 5.97 Å². The van der Waals surface area contributed by atoms with E-state index in [1.807, 2.05) is 18.2 Å². The van der Waals surface area contributed by atoms with Crippen molar-refractivity contribution in [3.63, 3.8) is 0 Å². The van der Waals surface area contributed by atoms with Crippen LogP contribution < -0.4 is 0 Å². The average Bonchev–Trinajstić information content (AvgIpc) is 2.60. The van der Waals surface area contributed by atoms with E-state index in [2.05, 4.69) is 10.2 Å². The van der Waals surface area contributed by atoms with Gasteiger partial charge in [-0.25, -0.2) is 0 Å². The van der Waals surface area contributed by atoms with Crippen molar-refractivity contribution in [1.82, 2.24) is 10.2 Å². The summed E-state index contributed by atoms with van der Waals surface area (Å²) in [5.41, 5.74) is 1.91. The van der Waals surface area contributed by atoms with Gasteiger partial charge < -0.3 is 5.11 Å². The number of carboxylic acids is 1. The lowest BCUT2D eigenvalue weighted by atomic mass is 10.1. The number of hydrogen-bond acceptors (Lipinski definition) is 2. The van der Waals surface area contributed by atoms with Crippen molar-refractivity contribution in [1.29, 1.82) is 0 Å². The van der Waals surface area contributed by atoms with Crippen LogP contribution in [0.5, 0.6) is 0 Å². The van der Waals surface area contributed by atoms with Gasteiger partial charge in [-0.3, -0.25) is 9.89 Å². The molecule has 0 aliphatic rings. The number of rotatable bonds is 4. The molecular weight excluding hydrogens is 228 g/mol. The van der Waals surface area contributed by atoms with Gasteiger partial charge in [0.1, 0.15) is 5.15 Å². The van der Waals surface area contributed by atoms with E-state index in [0.29, 0.717) is 11.6 Å². The summed E-state index contributed by atoms with van der Waals surface area (Å²) in [6.45, 7) is 0. The maximum atomic E-state index is 10.4. The molecule has 0 aliphatic heterocycles. The highest BCUT2D eigenvalue weighted by Gasteiger charge is 2.04. The molecule has 2 aromatic rings. The highest BCUT2D eigenvalue weighted by Crippen LogP contribution is 2.22. The minimum absolute atomic E-state index is 0.192. The summed E-state index contributed by atoms with van der Waals surface area (Å²) in [5.74, 6) is -0.762. The second-order valence-electron chi connectivity index (χ2n) is 3.64. The van der Waals surface area contributed by atoms with E-state index in [1.54, 1.807) is 0 Å². The SMILES string of the molecule is O=C(O)CCCc1ccc2n[nH]c(Cl)c2c1. The highest BCUT2D eigenvalue weighted by molar-refractivity contribution is 6.34. The summed E-state index contributed by atoms with van der Waals surface area (Å²) in [7, 11) is 0. The Labute approximate surface area is 97.2 Å². The lowest BCUT2D eigenvalue weighted by molar-refractivity contribution is -0.137. The first-order valence-electron chi connectivity index (χ1n) is 5.01. The van der Waals surface area contributed by atoms with Crippen molar-refractivity contribution >= 4 is 28.5 Å². The topological polar surface area (TPSA) is 66.0 Å². The molecule has 1 heterocycles. The number of aromatic amines is 1. The van der Waals surface area contributed by atoms with Gasteiger partial charge in [0.05, 0.1) is 5.52 Å². The van der Waals surface area contributed by atoms with E-state index in [4.69, 9.17) is 16.7 Å². The van der Waals surface area contributed by atoms with Crippen LogP contribution in [0.4, 0.5) is 0 Å². The number of carbonyl (C=O) groups is 1. The number of nitrogens with one attached hydrogen (secondary N) is 1. The zero-order valence-electron chi connectivity index (χ0n) is 8.53. The van der Waals surface area contributed by atoms with Gasteiger partial charge in [0.25, 0.3) is 0 Å². The summed E-state index contributed by atoms with van der Waals surface area (Å²) in [6.07, 6.45) is 1.57. The average molecular weight is 239 g/mol. The molecule has 0 bridgehead atoms. The third-order valence-corrected chi connectivity index (χ3v) is 2.72. The Morgan fingerprint density at radius 1 is 1.50 bits per heavy atom. The molecule has 0 atom stereocenters. The lowest BCUT2D eigenvalue weighted by Gasteiger charge is -1.99. The Bertz CT molecular complexity index is 522. The smallest absolute Gasteiger partial charge is 0.303 e. The molecule has 1 aromatic carbocycles. The molecule has 5 heteroatoms. The Kier molecular flexibility index (Phi) is 3.10. The Morgan fingerprint density at radius 3 is 3.06 bits per heavy atom. The Morgan fingerprint density at radius 2 is 2.31 bits per heavy atom. The molecule has 0 radical (unpaired) electrons. The molecule has 0 aliphatic carbocycles. The van der Waals surface area contributed by atoms with Crippen molar-refractivity contribution in [3.8, 4) is 0 Å². The Balaban J connectivity index is 2.12. The van der Waals surface area contributed by atoms with Gasteiger partial charge in [-0.1, -0.05) is 17.7 Å². The molecule has 2 N–H and O–H groups in total. The number of benzene rings is 1. The third kappa shape index (κ3) is 2.33. The number of halogens is 1. The fourth-order valence-corrected chi connectivity index (χ4v) is 1.82. The molecule has 2 rings (SSSR count). The number of fused-ring (bicyclic) bond motifs is 1. The summed E-state index contributed by atoms with van der Waals surface area (Å²) in [6, 6.07) is 5.78. The van der Waals surface area contributed by atoms with Crippen molar-refractivity contribution < 1.29 is 9.90 Å². The highest BCUT2D eigenvalue weighted by atomic mass is 35.5. The summed E-state index contributed by atoms with van der Waals surface area (Å²) < 4.78 is 0. The molecule has 0 saturated heterocycles. The molecule has 0 unspecified atom stereocenters. The van der Waals surface area contributed by atoms with Gasteiger partial charge in [0.15, 0.2) is 0 Å². The normalized spacial score (nSPS) is 10.8. The summed E-state index contributed by atoms with van der Waals surface area (Å²) in [5, 5.41) is 16.7. The molecule has 0 fully saturated rings. The first-order chi connectivity index (χ1) is 7.66. The molecule has 0 saturated carbocycles. The van der Waals surface area contributed by atoms with Gasteiger partial charge in [-0.15, -0.1) is 0 Å². The van der Waals surface area contributed by atoms with Crippen LogP contribution in [0.2, 0.25) is 5.15 Å². The van der Waals surface area contributed by atoms with Gasteiger partial charge in [0.2, 0.25) is 0 Å². The van der Waals surface area contributed by atoms with E-state index >= 15 is 0 Å². The van der Waals surface area contributed by atoms with Crippen LogP contribution >= 0.6 is 11.6 Å². The molecule has 0 spiro atoms. The number of aryl methyl sites for hydroxylation is 1. The summed E-state index contributed by atoms with van der Waals surface area (Å²) in [4.78, 5) is 10.4. The van der Waals surface area contributed by atoms with Crippen LogP contribution in [0.25, 0.3) is 10.9 Å². The molecule has 4 nitrogen and oxygen atoms in total. The quantitative estimate of drug-likeness (QED) is 0.861. The number of nitrogens with zero attached hydrogens (tertiary/aromatic N) is 1. The first-order valence-corrected chi connectivity index (χ1v) is 5.39. The minimum atomic E-state index is -0.762. The zero-order valence-corrected chi connectivity index (χ0v) is 9.29. The lowest BCUT2D eigenvalue weighted by Crippen LogP contribution is -1.95. The second-order valence-corrected chi connectivity index (χ2v) is 4.01. The first kappa shape index (κ1) is 11.0. The minimum Gasteiger partial charge on any atom is -0.481 e. The number of H-pyrrole nitrogens is 1. The van der Waals surface area contributed by atoms with Crippen LogP contribution in [0.3, 0.4) is 0 Å².